The van der Waals surface area contributed by atoms with Crippen LogP contribution in [-0.2, 0) is 9.59 Å². The molecule has 2 unspecified atom stereocenters. The predicted octanol–water partition coefficient (Wildman–Crippen LogP) is 3.73. The summed E-state index contributed by atoms with van der Waals surface area (Å²) < 4.78 is 0. The van der Waals surface area contributed by atoms with Gasteiger partial charge in [0.1, 0.15) is 0 Å². The lowest BCUT2D eigenvalue weighted by Crippen LogP contribution is -2.36. The van der Waals surface area contributed by atoms with Gasteiger partial charge in [0.15, 0.2) is 0 Å². The second kappa shape index (κ2) is 10.8. The van der Waals surface area contributed by atoms with Crippen LogP contribution >= 0.6 is 0 Å². The summed E-state index contributed by atoms with van der Waals surface area (Å²) in [5, 5.41) is 5.90. The van der Waals surface area contributed by atoms with E-state index in [4.69, 9.17) is 0 Å². The molecule has 2 N–H and O–H groups in total. The summed E-state index contributed by atoms with van der Waals surface area (Å²) in [6.07, 6.45) is 6.10. The van der Waals surface area contributed by atoms with Crippen molar-refractivity contribution in [3.05, 3.63) is 35.9 Å². The third-order valence-corrected chi connectivity index (χ3v) is 3.87. The van der Waals surface area contributed by atoms with Gasteiger partial charge in [0, 0.05) is 13.0 Å². The Morgan fingerprint density at radius 2 is 1.74 bits per heavy atom. The van der Waals surface area contributed by atoms with E-state index in [1.165, 1.54) is 26.2 Å². The maximum absolute atomic E-state index is 12.2. The maximum atomic E-state index is 12.2. The number of hydrogen-bond donors (Lipinski definition) is 2. The molecule has 0 fully saturated rings. The molecule has 0 radical (unpaired) electrons. The van der Waals surface area contributed by atoms with Crippen molar-refractivity contribution in [2.45, 2.75) is 71.4 Å². The number of carbonyl (C=O) groups is 2. The van der Waals surface area contributed by atoms with Gasteiger partial charge >= 0.3 is 0 Å². The summed E-state index contributed by atoms with van der Waals surface area (Å²) in [6.45, 7) is 5.71. The van der Waals surface area contributed by atoms with E-state index in [9.17, 15) is 9.59 Å². The Kier molecular flexibility index (Phi) is 9.03. The first-order valence-electron chi connectivity index (χ1n) is 8.64. The third-order valence-electron chi connectivity index (χ3n) is 3.87. The fourth-order valence-corrected chi connectivity index (χ4v) is 2.65. The van der Waals surface area contributed by atoms with Crippen LogP contribution in [0.5, 0.6) is 0 Å². The molecule has 0 saturated carbocycles. The molecule has 0 aromatic heterocycles. The van der Waals surface area contributed by atoms with Crippen LogP contribution in [0.1, 0.15) is 70.9 Å². The van der Waals surface area contributed by atoms with Crippen molar-refractivity contribution in [3.63, 3.8) is 0 Å². The fraction of sp³-hybridized carbons (Fsp3) is 0.579. The highest BCUT2D eigenvalue weighted by Gasteiger charge is 2.17. The minimum atomic E-state index is -0.277. The first-order chi connectivity index (χ1) is 11.0. The molecule has 4 heteroatoms. The molecule has 1 aromatic rings. The van der Waals surface area contributed by atoms with Gasteiger partial charge in [0.05, 0.1) is 12.5 Å². The van der Waals surface area contributed by atoms with Crippen molar-refractivity contribution in [2.24, 2.45) is 0 Å². The van der Waals surface area contributed by atoms with Crippen molar-refractivity contribution < 1.29 is 9.59 Å². The number of nitrogens with one attached hydrogen (secondary N) is 2. The molecule has 0 aliphatic carbocycles. The smallest absolute Gasteiger partial charge is 0.222 e. The standard InChI is InChI=1S/C19H30N2O2/c1-4-5-6-8-11-15(2)20-19(23)14-18(21-16(3)22)17-12-9-7-10-13-17/h7,9-10,12-13,15,18H,4-6,8,11,14H2,1-3H3,(H,20,23)(H,21,22). The molecular formula is C19H30N2O2. The first-order valence-corrected chi connectivity index (χ1v) is 8.64. The zero-order valence-corrected chi connectivity index (χ0v) is 14.6. The quantitative estimate of drug-likeness (QED) is 0.646. The van der Waals surface area contributed by atoms with Crippen LogP contribution in [0, 0.1) is 0 Å². The molecular weight excluding hydrogens is 288 g/mol. The SMILES string of the molecule is CCCCCCC(C)NC(=O)CC(NC(C)=O)c1ccccc1. The van der Waals surface area contributed by atoms with Gasteiger partial charge in [-0.1, -0.05) is 62.9 Å². The molecule has 0 heterocycles. The van der Waals surface area contributed by atoms with Crippen molar-refractivity contribution in [3.8, 4) is 0 Å². The second-order valence-corrected chi connectivity index (χ2v) is 6.19. The van der Waals surface area contributed by atoms with Crippen molar-refractivity contribution >= 4 is 11.8 Å². The number of rotatable bonds is 10. The van der Waals surface area contributed by atoms with Crippen LogP contribution in [0.3, 0.4) is 0 Å². The molecule has 2 atom stereocenters. The highest BCUT2D eigenvalue weighted by atomic mass is 16.2. The molecule has 0 spiro atoms. The second-order valence-electron chi connectivity index (χ2n) is 6.19. The monoisotopic (exact) mass is 318 g/mol. The van der Waals surface area contributed by atoms with Crippen LogP contribution < -0.4 is 10.6 Å². The minimum Gasteiger partial charge on any atom is -0.354 e. The molecule has 23 heavy (non-hydrogen) atoms. The minimum absolute atomic E-state index is 0.0180. The molecule has 128 valence electrons. The van der Waals surface area contributed by atoms with Gasteiger partial charge in [-0.25, -0.2) is 0 Å². The van der Waals surface area contributed by atoms with Crippen molar-refractivity contribution in [1.82, 2.24) is 10.6 Å². The summed E-state index contributed by atoms with van der Waals surface area (Å²) in [4.78, 5) is 23.6. The van der Waals surface area contributed by atoms with E-state index >= 15 is 0 Å². The normalized spacial score (nSPS) is 13.2. The van der Waals surface area contributed by atoms with E-state index in [0.717, 1.165) is 18.4 Å². The zero-order valence-electron chi connectivity index (χ0n) is 14.6. The lowest BCUT2D eigenvalue weighted by molar-refractivity contribution is -0.123. The molecule has 0 aliphatic rings. The molecule has 0 bridgehead atoms. The van der Waals surface area contributed by atoms with Crippen LogP contribution in [-0.4, -0.2) is 17.9 Å². The number of amides is 2. The summed E-state index contributed by atoms with van der Waals surface area (Å²) in [6, 6.07) is 9.52. The van der Waals surface area contributed by atoms with Crippen LogP contribution in [0.15, 0.2) is 30.3 Å². The highest BCUT2D eigenvalue weighted by Crippen LogP contribution is 2.16. The van der Waals surface area contributed by atoms with Crippen molar-refractivity contribution in [1.29, 1.82) is 0 Å². The zero-order chi connectivity index (χ0) is 17.1. The fourth-order valence-electron chi connectivity index (χ4n) is 2.65. The highest BCUT2D eigenvalue weighted by molar-refractivity contribution is 5.79. The average molecular weight is 318 g/mol. The van der Waals surface area contributed by atoms with Crippen LogP contribution in [0.25, 0.3) is 0 Å². The number of benzene rings is 1. The van der Waals surface area contributed by atoms with Gasteiger partial charge in [-0.3, -0.25) is 9.59 Å². The van der Waals surface area contributed by atoms with E-state index in [1.807, 2.05) is 37.3 Å². The van der Waals surface area contributed by atoms with Gasteiger partial charge in [0.25, 0.3) is 0 Å². The molecule has 1 aromatic carbocycles. The molecule has 4 nitrogen and oxygen atoms in total. The lowest BCUT2D eigenvalue weighted by atomic mass is 10.0. The Morgan fingerprint density at radius 1 is 1.04 bits per heavy atom. The maximum Gasteiger partial charge on any atom is 0.222 e. The molecule has 2 amide bonds. The summed E-state index contributed by atoms with van der Waals surface area (Å²) in [5.41, 5.74) is 0.952. The van der Waals surface area contributed by atoms with E-state index in [1.54, 1.807) is 0 Å². The van der Waals surface area contributed by atoms with Crippen molar-refractivity contribution in [2.75, 3.05) is 0 Å². The largest absolute Gasteiger partial charge is 0.354 e. The first kappa shape index (κ1) is 19.2. The predicted molar refractivity (Wildman–Crippen MR) is 94.0 cm³/mol. The molecule has 1 rings (SSSR count). The van der Waals surface area contributed by atoms with E-state index in [0.29, 0.717) is 0 Å². The van der Waals surface area contributed by atoms with Gasteiger partial charge in [-0.2, -0.15) is 0 Å². The Morgan fingerprint density at radius 3 is 2.35 bits per heavy atom. The molecule has 0 aliphatic heterocycles. The Labute approximate surface area is 140 Å². The molecule has 0 saturated heterocycles. The summed E-state index contributed by atoms with van der Waals surface area (Å²) in [5.74, 6) is -0.144. The number of carbonyl (C=O) groups excluding carboxylic acids is 2. The van der Waals surface area contributed by atoms with Gasteiger partial charge in [0.2, 0.25) is 11.8 Å². The van der Waals surface area contributed by atoms with Gasteiger partial charge in [-0.05, 0) is 18.9 Å². The Hall–Kier alpha value is -1.84. The van der Waals surface area contributed by atoms with E-state index in [-0.39, 0.29) is 30.3 Å². The summed E-state index contributed by atoms with van der Waals surface area (Å²) >= 11 is 0. The third kappa shape index (κ3) is 8.38. The Bertz CT molecular complexity index is 474. The Balaban J connectivity index is 2.48. The van der Waals surface area contributed by atoms with Gasteiger partial charge in [-0.15, -0.1) is 0 Å². The average Bonchev–Trinajstić information content (AvgIpc) is 2.51. The number of unbranched alkanes of at least 4 members (excludes halogenated alkanes) is 3. The van der Waals surface area contributed by atoms with Gasteiger partial charge < -0.3 is 10.6 Å². The van der Waals surface area contributed by atoms with Crippen LogP contribution in [0.2, 0.25) is 0 Å². The van der Waals surface area contributed by atoms with E-state index in [2.05, 4.69) is 17.6 Å². The lowest BCUT2D eigenvalue weighted by Gasteiger charge is -2.20. The topological polar surface area (TPSA) is 58.2 Å². The number of hydrogen-bond acceptors (Lipinski definition) is 2. The van der Waals surface area contributed by atoms with Crippen LogP contribution in [0.4, 0.5) is 0 Å². The van der Waals surface area contributed by atoms with E-state index < -0.39 is 0 Å². The summed E-state index contributed by atoms with van der Waals surface area (Å²) in [7, 11) is 0.